The number of nitrogens with one attached hydrogen (secondary N) is 1. The highest BCUT2D eigenvalue weighted by Crippen LogP contribution is 2.33. The number of rotatable bonds is 5. The average Bonchev–Trinajstić information content (AvgIpc) is 3.37. The van der Waals surface area contributed by atoms with Crippen molar-refractivity contribution < 1.29 is 9.59 Å². The van der Waals surface area contributed by atoms with Crippen LogP contribution >= 0.6 is 38.6 Å². The summed E-state index contributed by atoms with van der Waals surface area (Å²) in [4.78, 5) is 30.4. The summed E-state index contributed by atoms with van der Waals surface area (Å²) in [5.74, 6) is -0.328. The van der Waals surface area contributed by atoms with Gasteiger partial charge in [0.2, 0.25) is 0 Å². The number of nitrogens with zero attached hydrogens (tertiary/aromatic N) is 1. The standard InChI is InChI=1S/C21H13BrN2O2S2/c22-18-11-10-17(28-18)16-12-27-21(23-16)24-20(26)15-8-6-14(7-9-15)19(25)13-4-2-1-3-5-13/h1-12H,(H,23,24,26). The van der Waals surface area contributed by atoms with Crippen molar-refractivity contribution in [2.24, 2.45) is 0 Å². The number of benzene rings is 2. The van der Waals surface area contributed by atoms with Crippen LogP contribution in [0, 0.1) is 0 Å². The van der Waals surface area contributed by atoms with Crippen molar-refractivity contribution in [3.05, 3.63) is 92.6 Å². The SMILES string of the molecule is O=C(Nc1nc(-c2ccc(Br)s2)cs1)c1ccc(C(=O)c2ccccc2)cc1. The van der Waals surface area contributed by atoms with E-state index in [1.807, 2.05) is 35.7 Å². The maximum atomic E-state index is 12.5. The van der Waals surface area contributed by atoms with Gasteiger partial charge in [0.15, 0.2) is 10.9 Å². The van der Waals surface area contributed by atoms with Gasteiger partial charge in [-0.3, -0.25) is 14.9 Å². The number of aromatic nitrogens is 1. The number of carbonyl (C=O) groups excluding carboxylic acids is 2. The molecule has 0 bridgehead atoms. The Labute approximate surface area is 178 Å². The minimum absolute atomic E-state index is 0.0702. The number of carbonyl (C=O) groups is 2. The molecule has 0 radical (unpaired) electrons. The van der Waals surface area contributed by atoms with Gasteiger partial charge in [-0.15, -0.1) is 22.7 Å². The lowest BCUT2D eigenvalue weighted by Crippen LogP contribution is -2.12. The maximum Gasteiger partial charge on any atom is 0.257 e. The third-order valence-corrected chi connectivity index (χ3v) is 6.40. The molecule has 138 valence electrons. The van der Waals surface area contributed by atoms with Crippen molar-refractivity contribution in [2.45, 2.75) is 0 Å². The van der Waals surface area contributed by atoms with Gasteiger partial charge in [-0.05, 0) is 40.2 Å². The summed E-state index contributed by atoms with van der Waals surface area (Å²) in [6.07, 6.45) is 0. The van der Waals surface area contributed by atoms with Crippen LogP contribution in [-0.2, 0) is 0 Å². The van der Waals surface area contributed by atoms with E-state index in [1.54, 1.807) is 47.7 Å². The van der Waals surface area contributed by atoms with Crippen LogP contribution < -0.4 is 5.32 Å². The number of hydrogen-bond donors (Lipinski definition) is 1. The minimum atomic E-state index is -0.257. The van der Waals surface area contributed by atoms with Gasteiger partial charge in [0.05, 0.1) is 14.4 Å². The van der Waals surface area contributed by atoms with E-state index in [2.05, 4.69) is 26.2 Å². The first-order valence-corrected chi connectivity index (χ1v) is 10.8. The number of thiazole rings is 1. The zero-order chi connectivity index (χ0) is 19.5. The predicted molar refractivity (Wildman–Crippen MR) is 117 cm³/mol. The van der Waals surface area contributed by atoms with Crippen LogP contribution in [0.1, 0.15) is 26.3 Å². The van der Waals surface area contributed by atoms with Gasteiger partial charge >= 0.3 is 0 Å². The molecular formula is C21H13BrN2O2S2. The topological polar surface area (TPSA) is 59.1 Å². The highest BCUT2D eigenvalue weighted by Gasteiger charge is 2.13. The first kappa shape index (κ1) is 18.7. The number of thiophene rings is 1. The van der Waals surface area contributed by atoms with Crippen LogP contribution in [0.3, 0.4) is 0 Å². The molecule has 0 fully saturated rings. The van der Waals surface area contributed by atoms with E-state index in [0.29, 0.717) is 21.8 Å². The summed E-state index contributed by atoms with van der Waals surface area (Å²) in [6.45, 7) is 0. The summed E-state index contributed by atoms with van der Waals surface area (Å²) < 4.78 is 1.03. The van der Waals surface area contributed by atoms with E-state index < -0.39 is 0 Å². The zero-order valence-electron chi connectivity index (χ0n) is 14.4. The van der Waals surface area contributed by atoms with E-state index >= 15 is 0 Å². The van der Waals surface area contributed by atoms with Gasteiger partial charge in [-0.1, -0.05) is 42.5 Å². The molecule has 1 N–H and O–H groups in total. The quantitative estimate of drug-likeness (QED) is 0.359. The zero-order valence-corrected chi connectivity index (χ0v) is 17.6. The molecule has 4 rings (SSSR count). The highest BCUT2D eigenvalue weighted by molar-refractivity contribution is 9.11. The summed E-state index contributed by atoms with van der Waals surface area (Å²) >= 11 is 6.40. The van der Waals surface area contributed by atoms with E-state index in [4.69, 9.17) is 0 Å². The van der Waals surface area contributed by atoms with Gasteiger partial charge < -0.3 is 0 Å². The lowest BCUT2D eigenvalue weighted by atomic mass is 10.0. The monoisotopic (exact) mass is 468 g/mol. The highest BCUT2D eigenvalue weighted by atomic mass is 79.9. The predicted octanol–water partition coefficient (Wildman–Crippen LogP) is 6.12. The number of halogens is 1. The lowest BCUT2D eigenvalue weighted by Gasteiger charge is -2.04. The number of amides is 1. The normalized spacial score (nSPS) is 10.6. The fourth-order valence-corrected chi connectivity index (χ4v) is 4.72. The Kier molecular flexibility index (Phi) is 5.47. The van der Waals surface area contributed by atoms with E-state index in [-0.39, 0.29) is 11.7 Å². The van der Waals surface area contributed by atoms with Crippen LogP contribution in [0.5, 0.6) is 0 Å². The summed E-state index contributed by atoms with van der Waals surface area (Å²) in [5.41, 5.74) is 2.47. The molecule has 7 heteroatoms. The Morgan fingerprint density at radius 3 is 2.21 bits per heavy atom. The van der Waals surface area contributed by atoms with Crippen molar-refractivity contribution in [1.82, 2.24) is 4.98 Å². The summed E-state index contributed by atoms with van der Waals surface area (Å²) in [6, 6.07) is 19.6. The molecule has 28 heavy (non-hydrogen) atoms. The first-order chi connectivity index (χ1) is 13.6. The second-order valence-corrected chi connectivity index (χ2v) is 9.19. The molecule has 0 saturated carbocycles. The molecule has 0 atom stereocenters. The van der Waals surface area contributed by atoms with Crippen molar-refractivity contribution in [2.75, 3.05) is 5.32 Å². The van der Waals surface area contributed by atoms with Crippen LogP contribution in [0.25, 0.3) is 10.6 Å². The largest absolute Gasteiger partial charge is 0.298 e. The van der Waals surface area contributed by atoms with Gasteiger partial charge in [-0.2, -0.15) is 0 Å². The van der Waals surface area contributed by atoms with E-state index in [0.717, 1.165) is 14.4 Å². The third kappa shape index (κ3) is 4.11. The smallest absolute Gasteiger partial charge is 0.257 e. The molecule has 4 aromatic rings. The van der Waals surface area contributed by atoms with Crippen molar-refractivity contribution in [3.63, 3.8) is 0 Å². The van der Waals surface area contributed by atoms with Crippen LogP contribution in [0.2, 0.25) is 0 Å². The van der Waals surface area contributed by atoms with Crippen molar-refractivity contribution in [1.29, 1.82) is 0 Å². The molecule has 0 aliphatic heterocycles. The minimum Gasteiger partial charge on any atom is -0.298 e. The van der Waals surface area contributed by atoms with Crippen molar-refractivity contribution >= 4 is 55.4 Å². The number of hydrogen-bond acceptors (Lipinski definition) is 5. The molecule has 0 saturated heterocycles. The Balaban J connectivity index is 1.45. The maximum absolute atomic E-state index is 12.5. The van der Waals surface area contributed by atoms with Crippen LogP contribution in [-0.4, -0.2) is 16.7 Å². The number of anilines is 1. The molecule has 2 aromatic carbocycles. The molecule has 0 aliphatic carbocycles. The fraction of sp³-hybridized carbons (Fsp3) is 0. The Bertz CT molecular complexity index is 1130. The van der Waals surface area contributed by atoms with Crippen LogP contribution in [0.4, 0.5) is 5.13 Å². The Hall–Kier alpha value is -2.61. The van der Waals surface area contributed by atoms with E-state index in [9.17, 15) is 9.59 Å². The summed E-state index contributed by atoms with van der Waals surface area (Å²) in [7, 11) is 0. The van der Waals surface area contributed by atoms with Crippen molar-refractivity contribution in [3.8, 4) is 10.6 Å². The van der Waals surface area contributed by atoms with Crippen LogP contribution in [0.15, 0.2) is 75.9 Å². The second kappa shape index (κ2) is 8.18. The molecule has 2 aromatic heterocycles. The molecule has 1 amide bonds. The lowest BCUT2D eigenvalue weighted by molar-refractivity contribution is 0.102. The molecule has 2 heterocycles. The molecule has 0 spiro atoms. The molecule has 4 nitrogen and oxygen atoms in total. The fourth-order valence-electron chi connectivity index (χ4n) is 2.59. The molecular weight excluding hydrogens is 456 g/mol. The van der Waals surface area contributed by atoms with E-state index in [1.165, 1.54) is 11.3 Å². The van der Waals surface area contributed by atoms with Gasteiger partial charge in [0.1, 0.15) is 0 Å². The average molecular weight is 469 g/mol. The van der Waals surface area contributed by atoms with Gasteiger partial charge in [0.25, 0.3) is 5.91 Å². The third-order valence-electron chi connectivity index (χ3n) is 4.00. The Morgan fingerprint density at radius 1 is 0.857 bits per heavy atom. The molecule has 0 aliphatic rings. The summed E-state index contributed by atoms with van der Waals surface area (Å²) in [5, 5.41) is 5.26. The second-order valence-electron chi connectivity index (χ2n) is 5.87. The van der Waals surface area contributed by atoms with Gasteiger partial charge in [0, 0.05) is 22.1 Å². The van der Waals surface area contributed by atoms with Gasteiger partial charge in [-0.25, -0.2) is 4.98 Å². The Morgan fingerprint density at radius 2 is 1.54 bits per heavy atom. The number of ketones is 1. The first-order valence-electron chi connectivity index (χ1n) is 8.32. The molecule has 0 unspecified atom stereocenters.